The minimum Gasteiger partial charge on any atom is -0.457 e. The van der Waals surface area contributed by atoms with Crippen LogP contribution in [0.5, 0.6) is 11.5 Å². The number of amides is 1. The lowest BCUT2D eigenvalue weighted by Gasteiger charge is -2.17. The first-order valence-electron chi connectivity index (χ1n) is 10.3. The number of carbonyl (C=O) groups excluding carboxylic acids is 1. The van der Waals surface area contributed by atoms with Crippen LogP contribution in [0.2, 0.25) is 0 Å². The van der Waals surface area contributed by atoms with Gasteiger partial charge in [0.25, 0.3) is 5.91 Å². The number of rotatable bonds is 8. The number of hydrogen-bond donors (Lipinski definition) is 3. The minimum absolute atomic E-state index is 0.00532. The van der Waals surface area contributed by atoms with Crippen molar-refractivity contribution in [2.75, 3.05) is 19.0 Å². The lowest BCUT2D eigenvalue weighted by molar-refractivity contribution is 0.0958. The summed E-state index contributed by atoms with van der Waals surface area (Å²) in [4.78, 5) is 20.5. The summed E-state index contributed by atoms with van der Waals surface area (Å²) in [7, 11) is 1.56. The summed E-state index contributed by atoms with van der Waals surface area (Å²) in [6.07, 6.45) is 2.24. The summed E-state index contributed by atoms with van der Waals surface area (Å²) in [6, 6.07) is 22.6. The minimum atomic E-state index is -0.272. The molecule has 32 heavy (non-hydrogen) atoms. The van der Waals surface area contributed by atoms with Gasteiger partial charge in [0.2, 0.25) is 0 Å². The number of aliphatic hydroxyl groups is 1. The lowest BCUT2D eigenvalue weighted by atomic mass is 10.1. The van der Waals surface area contributed by atoms with E-state index < -0.39 is 0 Å². The van der Waals surface area contributed by atoms with Gasteiger partial charge < -0.3 is 20.5 Å². The zero-order valence-electron chi connectivity index (χ0n) is 17.7. The zero-order valence-corrected chi connectivity index (χ0v) is 17.7. The van der Waals surface area contributed by atoms with Crippen molar-refractivity contribution in [3.8, 4) is 11.5 Å². The van der Waals surface area contributed by atoms with Gasteiger partial charge in [-0.05, 0) is 48.4 Å². The van der Waals surface area contributed by atoms with Crippen molar-refractivity contribution in [1.29, 1.82) is 0 Å². The van der Waals surface area contributed by atoms with Gasteiger partial charge >= 0.3 is 0 Å². The molecule has 0 fully saturated rings. The first kappa shape index (κ1) is 21.3. The van der Waals surface area contributed by atoms with E-state index in [9.17, 15) is 9.90 Å². The van der Waals surface area contributed by atoms with Crippen LogP contribution in [0, 0.1) is 0 Å². The molecule has 0 aliphatic carbocycles. The topological polar surface area (TPSA) is 96.4 Å². The maximum Gasteiger partial charge on any atom is 0.269 e. The maximum absolute atomic E-state index is 11.8. The molecule has 2 aromatic heterocycles. The molecule has 162 valence electrons. The van der Waals surface area contributed by atoms with Gasteiger partial charge in [0.15, 0.2) is 0 Å². The van der Waals surface area contributed by atoms with Crippen molar-refractivity contribution in [3.63, 3.8) is 0 Å². The molecule has 0 aliphatic heterocycles. The van der Waals surface area contributed by atoms with E-state index in [1.807, 2.05) is 60.7 Å². The number of pyridine rings is 2. The van der Waals surface area contributed by atoms with Crippen molar-refractivity contribution < 1.29 is 14.6 Å². The van der Waals surface area contributed by atoms with Crippen LogP contribution in [0.3, 0.4) is 0 Å². The number of aliphatic hydroxyl groups excluding tert-OH is 1. The number of nitrogens with one attached hydrogen (secondary N) is 2. The number of nitrogens with zero attached hydrogens (tertiary/aromatic N) is 2. The van der Waals surface area contributed by atoms with E-state index in [1.54, 1.807) is 19.2 Å². The molecule has 2 heterocycles. The molecule has 0 saturated carbocycles. The van der Waals surface area contributed by atoms with Gasteiger partial charge in [0.05, 0.1) is 18.2 Å². The van der Waals surface area contributed by atoms with Crippen molar-refractivity contribution in [2.45, 2.75) is 12.5 Å². The van der Waals surface area contributed by atoms with E-state index in [2.05, 4.69) is 20.6 Å². The highest BCUT2D eigenvalue weighted by Gasteiger charge is 2.11. The van der Waals surface area contributed by atoms with Gasteiger partial charge in [-0.25, -0.2) is 4.98 Å². The van der Waals surface area contributed by atoms with Crippen LogP contribution in [0.15, 0.2) is 79.0 Å². The normalized spacial score (nSPS) is 11.7. The average Bonchev–Trinajstić information content (AvgIpc) is 2.84. The van der Waals surface area contributed by atoms with Gasteiger partial charge in [-0.15, -0.1) is 0 Å². The Bertz CT molecular complexity index is 1210. The number of carbonyl (C=O) groups is 1. The Labute approximate surface area is 186 Å². The SMILES string of the molecule is CNC(=O)c1cc(Oc2ccc3nc(NC(CO)Cc4ccccc4)ccc3c2)ccn1. The number of benzene rings is 2. The molecule has 4 aromatic rings. The first-order chi connectivity index (χ1) is 15.6. The van der Waals surface area contributed by atoms with Gasteiger partial charge in [0, 0.05) is 24.7 Å². The molecule has 4 rings (SSSR count). The Morgan fingerprint density at radius 2 is 1.84 bits per heavy atom. The van der Waals surface area contributed by atoms with E-state index in [0.29, 0.717) is 23.7 Å². The largest absolute Gasteiger partial charge is 0.457 e. The van der Waals surface area contributed by atoms with Crippen LogP contribution >= 0.6 is 0 Å². The van der Waals surface area contributed by atoms with E-state index >= 15 is 0 Å². The molecule has 0 saturated heterocycles. The van der Waals surface area contributed by atoms with E-state index in [0.717, 1.165) is 16.5 Å². The van der Waals surface area contributed by atoms with Crippen LogP contribution in [-0.2, 0) is 6.42 Å². The average molecular weight is 428 g/mol. The van der Waals surface area contributed by atoms with Crippen LogP contribution in [-0.4, -0.2) is 40.7 Å². The fourth-order valence-electron chi connectivity index (χ4n) is 3.38. The van der Waals surface area contributed by atoms with Crippen molar-refractivity contribution in [1.82, 2.24) is 15.3 Å². The summed E-state index contributed by atoms with van der Waals surface area (Å²) in [6.45, 7) is 0.00532. The molecule has 7 nitrogen and oxygen atoms in total. The second-order valence-corrected chi connectivity index (χ2v) is 7.32. The summed E-state index contributed by atoms with van der Waals surface area (Å²) >= 11 is 0. The second kappa shape index (κ2) is 9.89. The fraction of sp³-hybridized carbons (Fsp3) is 0.160. The lowest BCUT2D eigenvalue weighted by Crippen LogP contribution is -2.26. The van der Waals surface area contributed by atoms with Crippen LogP contribution in [0.25, 0.3) is 10.9 Å². The zero-order chi connectivity index (χ0) is 22.3. The predicted octanol–water partition coefficient (Wildman–Crippen LogP) is 3.80. The van der Waals surface area contributed by atoms with Crippen molar-refractivity contribution in [3.05, 3.63) is 90.3 Å². The maximum atomic E-state index is 11.8. The smallest absolute Gasteiger partial charge is 0.269 e. The van der Waals surface area contributed by atoms with Crippen molar-refractivity contribution in [2.24, 2.45) is 0 Å². The molecule has 0 radical (unpaired) electrons. The van der Waals surface area contributed by atoms with Gasteiger partial charge in [0.1, 0.15) is 23.0 Å². The van der Waals surface area contributed by atoms with Gasteiger partial charge in [-0.2, -0.15) is 0 Å². The monoisotopic (exact) mass is 428 g/mol. The van der Waals surface area contributed by atoms with E-state index in [-0.39, 0.29) is 24.2 Å². The molecule has 0 aliphatic rings. The molecule has 0 spiro atoms. The summed E-state index contributed by atoms with van der Waals surface area (Å²) in [5.74, 6) is 1.58. The molecule has 7 heteroatoms. The molecular weight excluding hydrogens is 404 g/mol. The molecule has 1 atom stereocenters. The van der Waals surface area contributed by atoms with Crippen LogP contribution in [0.4, 0.5) is 5.82 Å². The Hall–Kier alpha value is -3.97. The third-order valence-corrected chi connectivity index (χ3v) is 4.98. The number of ether oxygens (including phenoxy) is 1. The highest BCUT2D eigenvalue weighted by atomic mass is 16.5. The standard InChI is InChI=1S/C25H24N4O3/c1-26-25(31)23-15-21(11-12-27-23)32-20-8-9-22-18(14-20)7-10-24(29-22)28-19(16-30)13-17-5-3-2-4-6-17/h2-12,14-15,19,30H,13,16H2,1H3,(H,26,31)(H,28,29). The highest BCUT2D eigenvalue weighted by Crippen LogP contribution is 2.26. The quantitative estimate of drug-likeness (QED) is 0.395. The van der Waals surface area contributed by atoms with E-state index in [4.69, 9.17) is 4.74 Å². The Morgan fingerprint density at radius 1 is 1.03 bits per heavy atom. The number of hydrogen-bond acceptors (Lipinski definition) is 6. The molecule has 0 bridgehead atoms. The molecule has 2 aromatic carbocycles. The Balaban J connectivity index is 1.48. The highest BCUT2D eigenvalue weighted by molar-refractivity contribution is 5.92. The Morgan fingerprint density at radius 3 is 2.62 bits per heavy atom. The molecule has 1 amide bonds. The van der Waals surface area contributed by atoms with E-state index in [1.165, 1.54) is 6.20 Å². The Kier molecular flexibility index (Phi) is 6.57. The number of fused-ring (bicyclic) bond motifs is 1. The third kappa shape index (κ3) is 5.19. The van der Waals surface area contributed by atoms with Gasteiger partial charge in [-0.1, -0.05) is 30.3 Å². The second-order valence-electron chi connectivity index (χ2n) is 7.32. The first-order valence-corrected chi connectivity index (χ1v) is 10.3. The fourth-order valence-corrected chi connectivity index (χ4v) is 3.38. The predicted molar refractivity (Wildman–Crippen MR) is 124 cm³/mol. The van der Waals surface area contributed by atoms with Gasteiger partial charge in [-0.3, -0.25) is 9.78 Å². The molecule has 3 N–H and O–H groups in total. The summed E-state index contributed by atoms with van der Waals surface area (Å²) < 4.78 is 5.90. The summed E-state index contributed by atoms with van der Waals surface area (Å²) in [5, 5.41) is 16.5. The third-order valence-electron chi connectivity index (χ3n) is 4.98. The number of anilines is 1. The number of aromatic nitrogens is 2. The summed E-state index contributed by atoms with van der Waals surface area (Å²) in [5.41, 5.74) is 2.24. The molecule has 1 unspecified atom stereocenters. The van der Waals surface area contributed by atoms with Crippen LogP contribution < -0.4 is 15.4 Å². The van der Waals surface area contributed by atoms with Crippen LogP contribution in [0.1, 0.15) is 16.1 Å². The molecular formula is C25H24N4O3. The van der Waals surface area contributed by atoms with Crippen molar-refractivity contribution >= 4 is 22.6 Å².